The minimum absolute atomic E-state index is 0.403. The minimum atomic E-state index is 0.403. The highest BCUT2D eigenvalue weighted by Gasteiger charge is 2.41. The molecule has 94 valence electrons. The number of methoxy groups -OCH3 is 1. The van der Waals surface area contributed by atoms with E-state index in [1.807, 2.05) is 6.92 Å². The van der Waals surface area contributed by atoms with E-state index in [4.69, 9.17) is 16.3 Å². The van der Waals surface area contributed by atoms with Gasteiger partial charge in [0.05, 0.1) is 0 Å². The van der Waals surface area contributed by atoms with Crippen LogP contribution < -0.4 is 5.32 Å². The van der Waals surface area contributed by atoms with E-state index in [1.54, 1.807) is 7.11 Å². The third kappa shape index (κ3) is 3.07. The Bertz CT molecular complexity index is 393. The van der Waals surface area contributed by atoms with Gasteiger partial charge in [-0.2, -0.15) is 0 Å². The highest BCUT2D eigenvalue weighted by molar-refractivity contribution is 6.30. The molecule has 1 saturated carbocycles. The minimum Gasteiger partial charge on any atom is -0.385 e. The topological polar surface area (TPSA) is 47.0 Å². The van der Waals surface area contributed by atoms with Crippen molar-refractivity contribution in [1.29, 1.82) is 0 Å². The monoisotopic (exact) mass is 255 g/mol. The molecule has 0 radical (unpaired) electrons. The average molecular weight is 256 g/mol. The molecule has 0 aromatic carbocycles. The van der Waals surface area contributed by atoms with Gasteiger partial charge < -0.3 is 10.1 Å². The predicted molar refractivity (Wildman–Crippen MR) is 68.4 cm³/mol. The van der Waals surface area contributed by atoms with E-state index in [0.29, 0.717) is 10.6 Å². The first kappa shape index (κ1) is 12.6. The Morgan fingerprint density at radius 3 is 2.88 bits per heavy atom. The fourth-order valence-corrected chi connectivity index (χ4v) is 2.02. The average Bonchev–Trinajstić information content (AvgIpc) is 3.09. The molecule has 4 nitrogen and oxygen atoms in total. The second-order valence-corrected chi connectivity index (χ2v) is 5.09. The summed E-state index contributed by atoms with van der Waals surface area (Å²) in [4.78, 5) is 8.16. The van der Waals surface area contributed by atoms with Crippen molar-refractivity contribution < 1.29 is 4.74 Å². The molecular formula is C12H18ClN3O. The quantitative estimate of drug-likeness (QED) is 0.794. The van der Waals surface area contributed by atoms with Crippen molar-refractivity contribution in [2.75, 3.05) is 25.6 Å². The molecule has 17 heavy (non-hydrogen) atoms. The maximum absolute atomic E-state index is 5.95. The van der Waals surface area contributed by atoms with Crippen LogP contribution in [-0.2, 0) is 4.74 Å². The third-order valence-electron chi connectivity index (χ3n) is 3.45. The van der Waals surface area contributed by atoms with Crippen LogP contribution in [0.2, 0.25) is 5.15 Å². The van der Waals surface area contributed by atoms with E-state index < -0.39 is 0 Å². The summed E-state index contributed by atoms with van der Waals surface area (Å²) in [5, 5.41) is 3.89. The van der Waals surface area contributed by atoms with Gasteiger partial charge in [0.15, 0.2) is 0 Å². The standard InChI is InChI=1S/C12H18ClN3O/c1-9-10(13)15-8-16-11(9)14-7-12(3-4-12)5-6-17-2/h8H,3-7H2,1-2H3,(H,14,15,16). The number of halogens is 1. The van der Waals surface area contributed by atoms with Gasteiger partial charge in [-0.05, 0) is 31.6 Å². The van der Waals surface area contributed by atoms with Crippen molar-refractivity contribution in [1.82, 2.24) is 9.97 Å². The molecule has 0 spiro atoms. The molecule has 0 atom stereocenters. The van der Waals surface area contributed by atoms with E-state index >= 15 is 0 Å². The molecule has 1 aliphatic rings. The Morgan fingerprint density at radius 1 is 1.47 bits per heavy atom. The summed E-state index contributed by atoms with van der Waals surface area (Å²) < 4.78 is 5.14. The summed E-state index contributed by atoms with van der Waals surface area (Å²) >= 11 is 5.95. The van der Waals surface area contributed by atoms with Gasteiger partial charge in [0, 0.05) is 25.8 Å². The summed E-state index contributed by atoms with van der Waals surface area (Å²) in [6, 6.07) is 0. The van der Waals surface area contributed by atoms with Crippen LogP contribution in [0, 0.1) is 12.3 Å². The molecule has 1 aromatic rings. The van der Waals surface area contributed by atoms with Gasteiger partial charge in [0.2, 0.25) is 0 Å². The van der Waals surface area contributed by atoms with E-state index in [0.717, 1.165) is 31.0 Å². The zero-order valence-corrected chi connectivity index (χ0v) is 11.0. The molecule has 0 amide bonds. The highest BCUT2D eigenvalue weighted by atomic mass is 35.5. The first-order valence-electron chi connectivity index (χ1n) is 5.87. The van der Waals surface area contributed by atoms with Crippen LogP contribution in [0.1, 0.15) is 24.8 Å². The molecule has 5 heteroatoms. The number of rotatable bonds is 6. The van der Waals surface area contributed by atoms with Gasteiger partial charge in [-0.1, -0.05) is 11.6 Å². The maximum atomic E-state index is 5.95. The fraction of sp³-hybridized carbons (Fsp3) is 0.667. The normalized spacial score (nSPS) is 16.9. The Balaban J connectivity index is 1.92. The molecule has 1 heterocycles. The van der Waals surface area contributed by atoms with Crippen molar-refractivity contribution in [3.8, 4) is 0 Å². The number of nitrogens with one attached hydrogen (secondary N) is 1. The van der Waals surface area contributed by atoms with Crippen LogP contribution in [0.25, 0.3) is 0 Å². The molecule has 1 aromatic heterocycles. The van der Waals surface area contributed by atoms with Crippen molar-refractivity contribution in [2.24, 2.45) is 5.41 Å². The summed E-state index contributed by atoms with van der Waals surface area (Å²) in [6.07, 6.45) is 5.13. The molecule has 0 bridgehead atoms. The van der Waals surface area contributed by atoms with Crippen LogP contribution in [0.3, 0.4) is 0 Å². The van der Waals surface area contributed by atoms with Crippen molar-refractivity contribution >= 4 is 17.4 Å². The van der Waals surface area contributed by atoms with Crippen LogP contribution in [0.15, 0.2) is 6.33 Å². The zero-order chi connectivity index (χ0) is 12.3. The second kappa shape index (κ2) is 5.19. The van der Waals surface area contributed by atoms with E-state index in [1.165, 1.54) is 19.2 Å². The number of anilines is 1. The lowest BCUT2D eigenvalue weighted by molar-refractivity contribution is 0.175. The van der Waals surface area contributed by atoms with Crippen LogP contribution >= 0.6 is 11.6 Å². The zero-order valence-electron chi connectivity index (χ0n) is 10.3. The number of hydrogen-bond donors (Lipinski definition) is 1. The van der Waals surface area contributed by atoms with E-state index in [2.05, 4.69) is 15.3 Å². The molecule has 1 N–H and O–H groups in total. The van der Waals surface area contributed by atoms with Gasteiger partial charge in [-0.15, -0.1) is 0 Å². The van der Waals surface area contributed by atoms with Gasteiger partial charge in [0.25, 0.3) is 0 Å². The van der Waals surface area contributed by atoms with Gasteiger partial charge >= 0.3 is 0 Å². The largest absolute Gasteiger partial charge is 0.385 e. The lowest BCUT2D eigenvalue weighted by atomic mass is 10.0. The second-order valence-electron chi connectivity index (χ2n) is 4.73. The Hall–Kier alpha value is -0.870. The Labute approximate surface area is 107 Å². The lowest BCUT2D eigenvalue weighted by Gasteiger charge is -2.16. The predicted octanol–water partition coefficient (Wildman–Crippen LogP) is 2.67. The van der Waals surface area contributed by atoms with Crippen molar-refractivity contribution in [3.63, 3.8) is 0 Å². The first-order valence-corrected chi connectivity index (χ1v) is 6.25. The maximum Gasteiger partial charge on any atom is 0.137 e. The number of aromatic nitrogens is 2. The first-order chi connectivity index (χ1) is 8.17. The summed E-state index contributed by atoms with van der Waals surface area (Å²) in [5.41, 5.74) is 1.32. The molecule has 0 saturated heterocycles. The smallest absolute Gasteiger partial charge is 0.137 e. The third-order valence-corrected chi connectivity index (χ3v) is 3.83. The molecule has 1 fully saturated rings. The van der Waals surface area contributed by atoms with Gasteiger partial charge in [-0.25, -0.2) is 9.97 Å². The van der Waals surface area contributed by atoms with Crippen LogP contribution in [0.5, 0.6) is 0 Å². The van der Waals surface area contributed by atoms with Crippen LogP contribution in [0.4, 0.5) is 5.82 Å². The Kier molecular flexibility index (Phi) is 3.84. The van der Waals surface area contributed by atoms with E-state index in [9.17, 15) is 0 Å². The lowest BCUT2D eigenvalue weighted by Crippen LogP contribution is -2.18. The molecule has 1 aliphatic carbocycles. The number of nitrogens with zero attached hydrogens (tertiary/aromatic N) is 2. The Morgan fingerprint density at radius 2 is 2.24 bits per heavy atom. The van der Waals surface area contributed by atoms with Gasteiger partial charge in [0.1, 0.15) is 17.3 Å². The summed E-state index contributed by atoms with van der Waals surface area (Å²) in [5.74, 6) is 0.841. The molecule has 2 rings (SSSR count). The highest BCUT2D eigenvalue weighted by Crippen LogP contribution is 2.48. The van der Waals surface area contributed by atoms with Crippen molar-refractivity contribution in [3.05, 3.63) is 17.0 Å². The number of hydrogen-bond acceptors (Lipinski definition) is 4. The molecule has 0 aliphatic heterocycles. The number of ether oxygens (including phenoxy) is 1. The molecular weight excluding hydrogens is 238 g/mol. The van der Waals surface area contributed by atoms with Crippen LogP contribution in [-0.4, -0.2) is 30.2 Å². The SMILES string of the molecule is COCCC1(CNc2ncnc(Cl)c2C)CC1. The fourth-order valence-electron chi connectivity index (χ4n) is 1.89. The molecule has 0 unspecified atom stereocenters. The summed E-state index contributed by atoms with van der Waals surface area (Å²) in [7, 11) is 1.75. The van der Waals surface area contributed by atoms with E-state index in [-0.39, 0.29) is 0 Å². The summed E-state index contributed by atoms with van der Waals surface area (Å²) in [6.45, 7) is 3.69. The van der Waals surface area contributed by atoms with Crippen molar-refractivity contribution in [2.45, 2.75) is 26.2 Å². The van der Waals surface area contributed by atoms with Gasteiger partial charge in [-0.3, -0.25) is 0 Å².